The van der Waals surface area contributed by atoms with Crippen molar-refractivity contribution >= 4 is 27.8 Å². The predicted octanol–water partition coefficient (Wildman–Crippen LogP) is 3.81. The van der Waals surface area contributed by atoms with Crippen LogP contribution in [0.5, 0.6) is 0 Å². The van der Waals surface area contributed by atoms with Gasteiger partial charge in [-0.3, -0.25) is 4.79 Å². The van der Waals surface area contributed by atoms with E-state index in [1.165, 1.54) is 0 Å². The minimum absolute atomic E-state index is 0.0132. The largest absolute Gasteiger partial charge is 0.439 e. The molecule has 1 amide bonds. The van der Waals surface area contributed by atoms with E-state index in [4.69, 9.17) is 4.42 Å². The van der Waals surface area contributed by atoms with Gasteiger partial charge in [-0.25, -0.2) is 4.98 Å². The topological polar surface area (TPSA) is 67.2 Å². The lowest BCUT2D eigenvalue weighted by Crippen LogP contribution is -2.36. The molecular weight excluding hydrogens is 338 g/mol. The van der Waals surface area contributed by atoms with E-state index in [1.807, 2.05) is 66.7 Å². The zero-order valence-corrected chi connectivity index (χ0v) is 14.7. The standard InChI is InChI=1S/C22H19N3O2/c26-21(16-10-9-14-5-1-2-6-15(14)11-16)24-17-12-19(23-13-17)22-25-18-7-3-4-8-20(18)27-22/h1-11,17,19,23H,12-13H2,(H,24,26). The molecule has 0 saturated carbocycles. The number of benzene rings is 3. The Morgan fingerprint density at radius 3 is 2.74 bits per heavy atom. The normalized spacial score (nSPS) is 19.6. The molecule has 1 fully saturated rings. The molecule has 0 spiro atoms. The van der Waals surface area contributed by atoms with Gasteiger partial charge in [-0.1, -0.05) is 42.5 Å². The van der Waals surface area contributed by atoms with Crippen LogP contribution in [0.1, 0.15) is 28.7 Å². The first-order chi connectivity index (χ1) is 13.3. The lowest BCUT2D eigenvalue weighted by Gasteiger charge is -2.12. The van der Waals surface area contributed by atoms with Crippen molar-refractivity contribution in [1.82, 2.24) is 15.6 Å². The van der Waals surface area contributed by atoms with Crippen molar-refractivity contribution in [1.29, 1.82) is 0 Å². The molecule has 4 aromatic rings. The highest BCUT2D eigenvalue weighted by Gasteiger charge is 2.30. The number of aromatic nitrogens is 1. The van der Waals surface area contributed by atoms with Gasteiger partial charge in [0, 0.05) is 18.2 Å². The smallest absolute Gasteiger partial charge is 0.251 e. The van der Waals surface area contributed by atoms with Gasteiger partial charge in [-0.15, -0.1) is 0 Å². The number of hydrogen-bond acceptors (Lipinski definition) is 4. The van der Waals surface area contributed by atoms with E-state index in [0.29, 0.717) is 18.0 Å². The number of amides is 1. The quantitative estimate of drug-likeness (QED) is 0.585. The van der Waals surface area contributed by atoms with E-state index >= 15 is 0 Å². The van der Waals surface area contributed by atoms with Crippen molar-refractivity contribution in [2.45, 2.75) is 18.5 Å². The molecule has 5 rings (SSSR count). The number of oxazole rings is 1. The van der Waals surface area contributed by atoms with Crippen LogP contribution in [0.15, 0.2) is 71.1 Å². The summed E-state index contributed by atoms with van der Waals surface area (Å²) in [6, 6.07) is 21.6. The molecule has 2 heterocycles. The van der Waals surface area contributed by atoms with Gasteiger partial charge in [0.25, 0.3) is 5.91 Å². The molecule has 1 aliphatic rings. The fourth-order valence-electron chi connectivity index (χ4n) is 3.67. The van der Waals surface area contributed by atoms with E-state index in [2.05, 4.69) is 15.6 Å². The molecule has 0 radical (unpaired) electrons. The zero-order valence-electron chi connectivity index (χ0n) is 14.7. The SMILES string of the molecule is O=C(NC1CNC(c2nc3ccccc3o2)C1)c1ccc2ccccc2c1. The monoisotopic (exact) mass is 357 g/mol. The second kappa shape index (κ2) is 6.52. The minimum Gasteiger partial charge on any atom is -0.439 e. The molecule has 2 atom stereocenters. The Morgan fingerprint density at radius 2 is 1.85 bits per heavy atom. The molecule has 3 aromatic carbocycles. The number of para-hydroxylation sites is 2. The zero-order chi connectivity index (χ0) is 18.2. The summed E-state index contributed by atoms with van der Waals surface area (Å²) >= 11 is 0. The van der Waals surface area contributed by atoms with Gasteiger partial charge in [0.05, 0.1) is 6.04 Å². The molecule has 1 saturated heterocycles. The number of nitrogens with zero attached hydrogens (tertiary/aromatic N) is 1. The molecule has 5 nitrogen and oxygen atoms in total. The highest BCUT2D eigenvalue weighted by atomic mass is 16.3. The maximum Gasteiger partial charge on any atom is 0.251 e. The average Bonchev–Trinajstić information content (AvgIpc) is 3.34. The second-order valence-corrected chi connectivity index (χ2v) is 6.95. The molecular formula is C22H19N3O2. The van der Waals surface area contributed by atoms with Gasteiger partial charge in [0.15, 0.2) is 5.58 Å². The summed E-state index contributed by atoms with van der Waals surface area (Å²) in [5.74, 6) is 0.629. The van der Waals surface area contributed by atoms with Crippen molar-refractivity contribution in [3.8, 4) is 0 Å². The maximum atomic E-state index is 12.7. The molecule has 2 N–H and O–H groups in total. The highest BCUT2D eigenvalue weighted by molar-refractivity contribution is 5.98. The summed E-state index contributed by atoms with van der Waals surface area (Å²) in [7, 11) is 0. The molecule has 5 heteroatoms. The van der Waals surface area contributed by atoms with Crippen LogP contribution in [-0.2, 0) is 0 Å². The Bertz CT molecular complexity index is 1100. The highest BCUT2D eigenvalue weighted by Crippen LogP contribution is 2.26. The summed E-state index contributed by atoms with van der Waals surface area (Å²) in [4.78, 5) is 17.2. The molecule has 27 heavy (non-hydrogen) atoms. The minimum atomic E-state index is -0.0502. The predicted molar refractivity (Wildman–Crippen MR) is 105 cm³/mol. The number of hydrogen-bond donors (Lipinski definition) is 2. The van der Waals surface area contributed by atoms with E-state index in [9.17, 15) is 4.79 Å². The number of fused-ring (bicyclic) bond motifs is 2. The van der Waals surface area contributed by atoms with Gasteiger partial charge < -0.3 is 15.1 Å². The van der Waals surface area contributed by atoms with Crippen LogP contribution in [0.2, 0.25) is 0 Å². The summed E-state index contributed by atoms with van der Waals surface area (Å²) in [5, 5.41) is 8.72. The summed E-state index contributed by atoms with van der Waals surface area (Å²) < 4.78 is 5.85. The van der Waals surface area contributed by atoms with Gasteiger partial charge >= 0.3 is 0 Å². The van der Waals surface area contributed by atoms with Crippen molar-refractivity contribution in [3.05, 3.63) is 78.2 Å². The van der Waals surface area contributed by atoms with Gasteiger partial charge in [-0.05, 0) is 41.5 Å². The summed E-state index contributed by atoms with van der Waals surface area (Å²) in [6.07, 6.45) is 0.756. The van der Waals surface area contributed by atoms with Crippen LogP contribution in [0.3, 0.4) is 0 Å². The number of rotatable bonds is 3. The lowest BCUT2D eigenvalue weighted by molar-refractivity contribution is 0.0939. The van der Waals surface area contributed by atoms with Crippen LogP contribution in [-0.4, -0.2) is 23.5 Å². The molecule has 134 valence electrons. The summed E-state index contributed by atoms with van der Waals surface area (Å²) in [6.45, 7) is 0.697. The van der Waals surface area contributed by atoms with Gasteiger partial charge in [0.1, 0.15) is 5.52 Å². The number of carbonyl (C=O) groups is 1. The molecule has 2 unspecified atom stereocenters. The van der Waals surface area contributed by atoms with E-state index in [-0.39, 0.29) is 18.0 Å². The Balaban J connectivity index is 1.29. The van der Waals surface area contributed by atoms with Gasteiger partial charge in [0.2, 0.25) is 5.89 Å². The number of carbonyl (C=O) groups excluding carboxylic acids is 1. The van der Waals surface area contributed by atoms with Crippen molar-refractivity contribution in [3.63, 3.8) is 0 Å². The van der Waals surface area contributed by atoms with Gasteiger partial charge in [-0.2, -0.15) is 0 Å². The van der Waals surface area contributed by atoms with Crippen LogP contribution >= 0.6 is 0 Å². The van der Waals surface area contributed by atoms with E-state index in [0.717, 1.165) is 28.3 Å². The van der Waals surface area contributed by atoms with Crippen molar-refractivity contribution in [2.75, 3.05) is 6.54 Å². The Morgan fingerprint density at radius 1 is 1.04 bits per heavy atom. The fraction of sp³-hybridized carbons (Fsp3) is 0.182. The third-order valence-corrected chi connectivity index (χ3v) is 5.09. The average molecular weight is 357 g/mol. The second-order valence-electron chi connectivity index (χ2n) is 6.95. The van der Waals surface area contributed by atoms with Crippen LogP contribution in [0, 0.1) is 0 Å². The first-order valence-electron chi connectivity index (χ1n) is 9.15. The maximum absolute atomic E-state index is 12.7. The fourth-order valence-corrected chi connectivity index (χ4v) is 3.67. The van der Waals surface area contributed by atoms with Crippen LogP contribution in [0.4, 0.5) is 0 Å². The van der Waals surface area contributed by atoms with Crippen LogP contribution < -0.4 is 10.6 Å². The van der Waals surface area contributed by atoms with E-state index in [1.54, 1.807) is 0 Å². The molecule has 0 bridgehead atoms. The van der Waals surface area contributed by atoms with Crippen LogP contribution in [0.25, 0.3) is 21.9 Å². The van der Waals surface area contributed by atoms with Crippen molar-refractivity contribution in [2.24, 2.45) is 0 Å². The Labute approximate surface area is 156 Å². The van der Waals surface area contributed by atoms with E-state index < -0.39 is 0 Å². The molecule has 0 aliphatic carbocycles. The first-order valence-corrected chi connectivity index (χ1v) is 9.15. The third kappa shape index (κ3) is 3.06. The Kier molecular flexibility index (Phi) is 3.87. The third-order valence-electron chi connectivity index (χ3n) is 5.09. The number of nitrogens with one attached hydrogen (secondary N) is 2. The summed E-state index contributed by atoms with van der Waals surface area (Å²) in [5.41, 5.74) is 2.33. The Hall–Kier alpha value is -3.18. The first kappa shape index (κ1) is 16.0. The lowest BCUT2D eigenvalue weighted by atomic mass is 10.1. The molecule has 1 aromatic heterocycles. The van der Waals surface area contributed by atoms with Crippen molar-refractivity contribution < 1.29 is 9.21 Å². The molecule has 1 aliphatic heterocycles.